The minimum absolute atomic E-state index is 0.236. The number of benzene rings is 1. The number of hydrogen-bond acceptors (Lipinski definition) is 3. The highest BCUT2D eigenvalue weighted by Gasteiger charge is 2.41. The summed E-state index contributed by atoms with van der Waals surface area (Å²) in [6, 6.07) is 7.93. The van der Waals surface area contributed by atoms with E-state index in [0.29, 0.717) is 24.8 Å². The van der Waals surface area contributed by atoms with Crippen LogP contribution in [0.2, 0.25) is 0 Å². The fourth-order valence-corrected chi connectivity index (χ4v) is 3.07. The van der Waals surface area contributed by atoms with Crippen molar-refractivity contribution in [2.75, 3.05) is 6.54 Å². The van der Waals surface area contributed by atoms with Gasteiger partial charge in [-0.25, -0.2) is 0 Å². The topological polar surface area (TPSA) is 52.6 Å². The van der Waals surface area contributed by atoms with Crippen molar-refractivity contribution < 1.29 is 9.90 Å². The zero-order valence-electron chi connectivity index (χ0n) is 10.3. The molecule has 96 valence electrons. The molecule has 2 aliphatic heterocycles. The van der Waals surface area contributed by atoms with Crippen LogP contribution in [-0.2, 0) is 11.3 Å². The molecule has 2 heterocycles. The number of fused-ring (bicyclic) bond motifs is 1. The second-order valence-electron chi connectivity index (χ2n) is 5.12. The summed E-state index contributed by atoms with van der Waals surface area (Å²) in [7, 11) is 0. The molecule has 2 atom stereocenters. The first-order chi connectivity index (χ1) is 8.75. The van der Waals surface area contributed by atoms with Gasteiger partial charge >= 0.3 is 0 Å². The van der Waals surface area contributed by atoms with Crippen molar-refractivity contribution in [3.63, 3.8) is 0 Å². The number of phenolic OH excluding ortho intramolecular Hbond substituents is 1. The van der Waals surface area contributed by atoms with Crippen molar-refractivity contribution in [1.82, 2.24) is 10.2 Å². The van der Waals surface area contributed by atoms with Gasteiger partial charge in [0, 0.05) is 37.2 Å². The molecule has 2 unspecified atom stereocenters. The van der Waals surface area contributed by atoms with Crippen LogP contribution in [0.5, 0.6) is 5.75 Å². The van der Waals surface area contributed by atoms with E-state index in [2.05, 4.69) is 5.32 Å². The molecule has 2 fully saturated rings. The Morgan fingerprint density at radius 3 is 3.06 bits per heavy atom. The molecule has 4 nitrogen and oxygen atoms in total. The first-order valence-corrected chi connectivity index (χ1v) is 6.55. The number of carbonyl (C=O) groups excluding carboxylic acids is 1. The summed E-state index contributed by atoms with van der Waals surface area (Å²) < 4.78 is 0. The van der Waals surface area contributed by atoms with Crippen LogP contribution < -0.4 is 5.32 Å². The lowest BCUT2D eigenvalue weighted by atomic mass is 10.1. The molecule has 0 bridgehead atoms. The quantitative estimate of drug-likeness (QED) is 0.844. The van der Waals surface area contributed by atoms with Crippen LogP contribution in [0.4, 0.5) is 0 Å². The molecule has 0 saturated carbocycles. The third-order valence-corrected chi connectivity index (χ3v) is 4.02. The van der Waals surface area contributed by atoms with Gasteiger partial charge in [0.1, 0.15) is 5.75 Å². The fraction of sp³-hybridized carbons (Fsp3) is 0.500. The van der Waals surface area contributed by atoms with E-state index < -0.39 is 0 Å². The molecule has 0 aliphatic carbocycles. The molecular formula is C14H18N2O2. The minimum atomic E-state index is 0.236. The maximum absolute atomic E-state index is 11.8. The van der Waals surface area contributed by atoms with E-state index in [4.69, 9.17) is 0 Å². The SMILES string of the molecule is O=C1CC(NCc2ccccc2O)C2CCCN12. The van der Waals surface area contributed by atoms with Gasteiger partial charge in [0.25, 0.3) is 0 Å². The number of para-hydroxylation sites is 1. The monoisotopic (exact) mass is 246 g/mol. The summed E-state index contributed by atoms with van der Waals surface area (Å²) in [5.41, 5.74) is 0.890. The largest absolute Gasteiger partial charge is 0.508 e. The predicted molar refractivity (Wildman–Crippen MR) is 68.1 cm³/mol. The van der Waals surface area contributed by atoms with E-state index in [9.17, 15) is 9.90 Å². The molecule has 4 heteroatoms. The first kappa shape index (κ1) is 11.5. The first-order valence-electron chi connectivity index (χ1n) is 6.55. The normalized spacial score (nSPS) is 26.7. The number of amides is 1. The van der Waals surface area contributed by atoms with Gasteiger partial charge in [-0.2, -0.15) is 0 Å². The lowest BCUT2D eigenvalue weighted by Gasteiger charge is -2.21. The summed E-state index contributed by atoms with van der Waals surface area (Å²) in [6.45, 7) is 1.53. The van der Waals surface area contributed by atoms with Crippen molar-refractivity contribution in [3.05, 3.63) is 29.8 Å². The lowest BCUT2D eigenvalue weighted by molar-refractivity contribution is -0.127. The van der Waals surface area contributed by atoms with Gasteiger partial charge in [-0.1, -0.05) is 18.2 Å². The van der Waals surface area contributed by atoms with Gasteiger partial charge in [-0.3, -0.25) is 4.79 Å². The smallest absolute Gasteiger partial charge is 0.224 e. The Hall–Kier alpha value is -1.55. The average molecular weight is 246 g/mol. The Morgan fingerprint density at radius 2 is 2.22 bits per heavy atom. The Bertz CT molecular complexity index is 461. The zero-order valence-corrected chi connectivity index (χ0v) is 10.3. The van der Waals surface area contributed by atoms with Crippen LogP contribution >= 0.6 is 0 Å². The molecule has 0 spiro atoms. The van der Waals surface area contributed by atoms with Gasteiger partial charge in [0.05, 0.1) is 0 Å². The summed E-state index contributed by atoms with van der Waals surface area (Å²) in [5, 5.41) is 13.1. The van der Waals surface area contributed by atoms with Crippen molar-refractivity contribution in [2.24, 2.45) is 0 Å². The molecule has 18 heavy (non-hydrogen) atoms. The molecular weight excluding hydrogens is 228 g/mol. The van der Waals surface area contributed by atoms with E-state index in [0.717, 1.165) is 24.9 Å². The van der Waals surface area contributed by atoms with Crippen molar-refractivity contribution in [3.8, 4) is 5.75 Å². The average Bonchev–Trinajstić information content (AvgIpc) is 2.94. The highest BCUT2D eigenvalue weighted by Crippen LogP contribution is 2.29. The molecule has 1 aromatic carbocycles. The molecule has 1 amide bonds. The van der Waals surface area contributed by atoms with E-state index in [1.807, 2.05) is 23.1 Å². The highest BCUT2D eigenvalue weighted by molar-refractivity contribution is 5.80. The van der Waals surface area contributed by atoms with Crippen LogP contribution in [0, 0.1) is 0 Å². The van der Waals surface area contributed by atoms with Gasteiger partial charge in [-0.15, -0.1) is 0 Å². The van der Waals surface area contributed by atoms with Gasteiger partial charge in [0.2, 0.25) is 5.91 Å². The third-order valence-electron chi connectivity index (χ3n) is 4.02. The Morgan fingerprint density at radius 1 is 1.39 bits per heavy atom. The second kappa shape index (κ2) is 4.61. The summed E-state index contributed by atoms with van der Waals surface area (Å²) in [4.78, 5) is 13.8. The van der Waals surface area contributed by atoms with Crippen molar-refractivity contribution in [1.29, 1.82) is 0 Å². The molecule has 0 radical (unpaired) electrons. The number of phenols is 1. The van der Waals surface area contributed by atoms with E-state index in [-0.39, 0.29) is 11.9 Å². The van der Waals surface area contributed by atoms with Crippen LogP contribution in [-0.4, -0.2) is 34.5 Å². The minimum Gasteiger partial charge on any atom is -0.508 e. The summed E-state index contributed by atoms with van der Waals surface area (Å²) in [6.07, 6.45) is 2.81. The predicted octanol–water partition coefficient (Wildman–Crippen LogP) is 1.25. The van der Waals surface area contributed by atoms with Crippen LogP contribution in [0.15, 0.2) is 24.3 Å². The van der Waals surface area contributed by atoms with Crippen molar-refractivity contribution in [2.45, 2.75) is 37.9 Å². The second-order valence-corrected chi connectivity index (χ2v) is 5.12. The van der Waals surface area contributed by atoms with Gasteiger partial charge in [0.15, 0.2) is 0 Å². The Balaban J connectivity index is 1.64. The Kier molecular flexibility index (Phi) is 2.96. The van der Waals surface area contributed by atoms with E-state index >= 15 is 0 Å². The van der Waals surface area contributed by atoms with E-state index in [1.54, 1.807) is 6.07 Å². The lowest BCUT2D eigenvalue weighted by Crippen LogP contribution is -2.38. The summed E-state index contributed by atoms with van der Waals surface area (Å²) in [5.74, 6) is 0.588. The van der Waals surface area contributed by atoms with Gasteiger partial charge in [-0.05, 0) is 18.9 Å². The van der Waals surface area contributed by atoms with E-state index in [1.165, 1.54) is 0 Å². The summed E-state index contributed by atoms with van der Waals surface area (Å²) >= 11 is 0. The number of nitrogens with one attached hydrogen (secondary N) is 1. The molecule has 3 rings (SSSR count). The molecule has 1 aromatic rings. The number of carbonyl (C=O) groups is 1. The number of nitrogens with zero attached hydrogens (tertiary/aromatic N) is 1. The van der Waals surface area contributed by atoms with Gasteiger partial charge < -0.3 is 15.3 Å². The van der Waals surface area contributed by atoms with Crippen LogP contribution in [0.3, 0.4) is 0 Å². The molecule has 2 saturated heterocycles. The third kappa shape index (κ3) is 1.97. The maximum atomic E-state index is 11.8. The standard InChI is InChI=1S/C14H18N2O2/c17-13-6-2-1-4-10(13)9-15-11-8-14(18)16-7-3-5-12(11)16/h1-2,4,6,11-12,15,17H,3,5,7-9H2. The molecule has 2 aliphatic rings. The van der Waals surface area contributed by atoms with Crippen LogP contribution in [0.1, 0.15) is 24.8 Å². The number of aromatic hydroxyl groups is 1. The number of hydrogen-bond donors (Lipinski definition) is 2. The fourth-order valence-electron chi connectivity index (χ4n) is 3.07. The number of rotatable bonds is 3. The van der Waals surface area contributed by atoms with Crippen molar-refractivity contribution >= 4 is 5.91 Å². The molecule has 2 N–H and O–H groups in total. The highest BCUT2D eigenvalue weighted by atomic mass is 16.3. The Labute approximate surface area is 107 Å². The van der Waals surface area contributed by atoms with Crippen LogP contribution in [0.25, 0.3) is 0 Å². The maximum Gasteiger partial charge on any atom is 0.224 e. The molecule has 0 aromatic heterocycles. The zero-order chi connectivity index (χ0) is 12.5.